The van der Waals surface area contributed by atoms with E-state index < -0.39 is 0 Å². The monoisotopic (exact) mass is 364 g/mol. The fraction of sp³-hybridized carbons (Fsp3) is 0.458. The van der Waals surface area contributed by atoms with Crippen LogP contribution >= 0.6 is 0 Å². The van der Waals surface area contributed by atoms with E-state index in [4.69, 9.17) is 9.72 Å². The molecule has 3 aromatic rings. The van der Waals surface area contributed by atoms with Crippen LogP contribution in [0.4, 0.5) is 0 Å². The van der Waals surface area contributed by atoms with Crippen LogP contribution in [0.3, 0.4) is 0 Å². The maximum Gasteiger partial charge on any atom is 0.153 e. The molecule has 0 aliphatic heterocycles. The first-order chi connectivity index (χ1) is 13.3. The van der Waals surface area contributed by atoms with Crippen molar-refractivity contribution in [1.29, 1.82) is 0 Å². The van der Waals surface area contributed by atoms with Crippen molar-refractivity contribution < 1.29 is 4.74 Å². The standard InChI is InChI=1S/C24H32N2O/c1-3-4-5-6-7-8-14-19-26-23-18-13-12-17-22(23)25-24(26)20(2)27-21-15-10-9-11-16-21/h9-13,15-18,20H,3-8,14,19H2,1-2H3. The van der Waals surface area contributed by atoms with Crippen LogP contribution in [0.1, 0.15) is 70.7 Å². The van der Waals surface area contributed by atoms with Gasteiger partial charge in [0.15, 0.2) is 11.9 Å². The molecule has 0 saturated carbocycles. The highest BCUT2D eigenvalue weighted by atomic mass is 16.5. The van der Waals surface area contributed by atoms with Gasteiger partial charge in [0, 0.05) is 6.54 Å². The maximum absolute atomic E-state index is 6.16. The molecule has 0 saturated heterocycles. The van der Waals surface area contributed by atoms with E-state index in [0.717, 1.165) is 23.6 Å². The molecule has 0 N–H and O–H groups in total. The van der Waals surface area contributed by atoms with Crippen molar-refractivity contribution in [3.8, 4) is 5.75 Å². The van der Waals surface area contributed by atoms with Crippen LogP contribution in [-0.2, 0) is 6.54 Å². The Kier molecular flexibility index (Phi) is 7.32. The predicted octanol–water partition coefficient (Wildman–Crippen LogP) is 6.93. The fourth-order valence-electron chi connectivity index (χ4n) is 3.62. The number of aromatic nitrogens is 2. The van der Waals surface area contributed by atoms with Gasteiger partial charge in [0.25, 0.3) is 0 Å². The van der Waals surface area contributed by atoms with Crippen LogP contribution in [0.5, 0.6) is 5.75 Å². The second kappa shape index (κ2) is 10.1. The number of aryl methyl sites for hydroxylation is 1. The van der Waals surface area contributed by atoms with Crippen molar-refractivity contribution in [2.45, 2.75) is 71.4 Å². The van der Waals surface area contributed by atoms with Crippen LogP contribution in [0, 0.1) is 0 Å². The van der Waals surface area contributed by atoms with Gasteiger partial charge in [0.1, 0.15) is 5.75 Å². The molecular formula is C24H32N2O. The minimum absolute atomic E-state index is 0.0793. The highest BCUT2D eigenvalue weighted by Gasteiger charge is 2.17. The Morgan fingerprint density at radius 2 is 1.52 bits per heavy atom. The van der Waals surface area contributed by atoms with E-state index in [2.05, 4.69) is 42.7 Å². The third-order valence-electron chi connectivity index (χ3n) is 5.09. The Morgan fingerprint density at radius 1 is 0.852 bits per heavy atom. The molecule has 0 spiro atoms. The summed E-state index contributed by atoms with van der Waals surface area (Å²) in [5.41, 5.74) is 2.26. The quantitative estimate of drug-likeness (QED) is 0.345. The van der Waals surface area contributed by atoms with Gasteiger partial charge in [-0.05, 0) is 37.6 Å². The molecule has 0 aliphatic carbocycles. The first-order valence-electron chi connectivity index (χ1n) is 10.5. The molecule has 0 amide bonds. The Balaban J connectivity index is 1.68. The summed E-state index contributed by atoms with van der Waals surface area (Å²) < 4.78 is 8.52. The largest absolute Gasteiger partial charge is 0.483 e. The summed E-state index contributed by atoms with van der Waals surface area (Å²) in [6.45, 7) is 5.37. The zero-order chi connectivity index (χ0) is 18.9. The Hall–Kier alpha value is -2.29. The average Bonchev–Trinajstić information content (AvgIpc) is 3.07. The molecule has 0 aliphatic rings. The SMILES string of the molecule is CCCCCCCCCn1c(C(C)Oc2ccccc2)nc2ccccc21. The highest BCUT2D eigenvalue weighted by molar-refractivity contribution is 5.76. The van der Waals surface area contributed by atoms with E-state index in [1.165, 1.54) is 50.5 Å². The van der Waals surface area contributed by atoms with E-state index in [9.17, 15) is 0 Å². The molecular weight excluding hydrogens is 332 g/mol. The normalized spacial score (nSPS) is 12.4. The van der Waals surface area contributed by atoms with Crippen molar-refractivity contribution >= 4 is 11.0 Å². The Morgan fingerprint density at radius 3 is 2.30 bits per heavy atom. The number of nitrogens with zero attached hydrogens (tertiary/aromatic N) is 2. The maximum atomic E-state index is 6.16. The number of rotatable bonds is 11. The van der Waals surface area contributed by atoms with E-state index in [1.54, 1.807) is 0 Å². The molecule has 1 atom stereocenters. The van der Waals surface area contributed by atoms with E-state index >= 15 is 0 Å². The smallest absolute Gasteiger partial charge is 0.153 e. The summed E-state index contributed by atoms with van der Waals surface area (Å²) in [6.07, 6.45) is 9.13. The summed E-state index contributed by atoms with van der Waals surface area (Å²) in [6, 6.07) is 18.4. The van der Waals surface area contributed by atoms with Gasteiger partial charge in [-0.2, -0.15) is 0 Å². The van der Waals surface area contributed by atoms with Gasteiger partial charge in [-0.3, -0.25) is 0 Å². The topological polar surface area (TPSA) is 27.1 Å². The van der Waals surface area contributed by atoms with Crippen LogP contribution in [0.15, 0.2) is 54.6 Å². The molecule has 3 rings (SSSR count). The number of hydrogen-bond donors (Lipinski definition) is 0. The average molecular weight is 365 g/mol. The van der Waals surface area contributed by atoms with Crippen LogP contribution < -0.4 is 4.74 Å². The molecule has 3 heteroatoms. The number of para-hydroxylation sites is 3. The molecule has 2 aromatic carbocycles. The molecule has 27 heavy (non-hydrogen) atoms. The minimum atomic E-state index is -0.0793. The number of ether oxygens (including phenoxy) is 1. The second-order valence-electron chi connectivity index (χ2n) is 7.30. The number of hydrogen-bond acceptors (Lipinski definition) is 2. The zero-order valence-corrected chi connectivity index (χ0v) is 16.7. The number of imidazole rings is 1. The molecule has 0 fully saturated rings. The van der Waals surface area contributed by atoms with Crippen molar-refractivity contribution in [3.63, 3.8) is 0 Å². The molecule has 1 unspecified atom stereocenters. The molecule has 0 radical (unpaired) electrons. The zero-order valence-electron chi connectivity index (χ0n) is 16.7. The number of fused-ring (bicyclic) bond motifs is 1. The highest BCUT2D eigenvalue weighted by Crippen LogP contribution is 2.25. The lowest BCUT2D eigenvalue weighted by atomic mass is 10.1. The predicted molar refractivity (Wildman–Crippen MR) is 113 cm³/mol. The summed E-state index contributed by atoms with van der Waals surface area (Å²) in [7, 11) is 0. The van der Waals surface area contributed by atoms with Crippen LogP contribution in [0.25, 0.3) is 11.0 Å². The molecule has 1 aromatic heterocycles. The number of unbranched alkanes of at least 4 members (excludes halogenated alkanes) is 6. The molecule has 0 bridgehead atoms. The first-order valence-corrected chi connectivity index (χ1v) is 10.5. The summed E-state index contributed by atoms with van der Waals surface area (Å²) in [4.78, 5) is 4.89. The van der Waals surface area contributed by atoms with Gasteiger partial charge in [0.2, 0.25) is 0 Å². The van der Waals surface area contributed by atoms with Crippen molar-refractivity contribution in [1.82, 2.24) is 9.55 Å². The lowest BCUT2D eigenvalue weighted by Gasteiger charge is -2.17. The lowest BCUT2D eigenvalue weighted by Crippen LogP contribution is -2.12. The second-order valence-corrected chi connectivity index (χ2v) is 7.30. The van der Waals surface area contributed by atoms with Gasteiger partial charge < -0.3 is 9.30 Å². The first kappa shape index (κ1) is 19.5. The Bertz CT molecular complexity index is 810. The van der Waals surface area contributed by atoms with Crippen molar-refractivity contribution in [2.75, 3.05) is 0 Å². The summed E-state index contributed by atoms with van der Waals surface area (Å²) in [5.74, 6) is 1.91. The Labute approximate surface area is 163 Å². The number of benzene rings is 2. The lowest BCUT2D eigenvalue weighted by molar-refractivity contribution is 0.211. The van der Waals surface area contributed by atoms with E-state index in [0.29, 0.717) is 0 Å². The molecule has 1 heterocycles. The van der Waals surface area contributed by atoms with Gasteiger partial charge >= 0.3 is 0 Å². The summed E-state index contributed by atoms with van der Waals surface area (Å²) >= 11 is 0. The van der Waals surface area contributed by atoms with Crippen molar-refractivity contribution in [2.24, 2.45) is 0 Å². The minimum Gasteiger partial charge on any atom is -0.483 e. The third kappa shape index (κ3) is 5.35. The summed E-state index contributed by atoms with van der Waals surface area (Å²) in [5, 5.41) is 0. The van der Waals surface area contributed by atoms with Gasteiger partial charge in [0.05, 0.1) is 11.0 Å². The molecule has 3 nitrogen and oxygen atoms in total. The van der Waals surface area contributed by atoms with Gasteiger partial charge in [-0.25, -0.2) is 4.98 Å². The van der Waals surface area contributed by atoms with E-state index in [1.807, 2.05) is 30.3 Å². The van der Waals surface area contributed by atoms with E-state index in [-0.39, 0.29) is 6.10 Å². The van der Waals surface area contributed by atoms with Gasteiger partial charge in [-0.1, -0.05) is 75.8 Å². The van der Waals surface area contributed by atoms with Crippen molar-refractivity contribution in [3.05, 3.63) is 60.4 Å². The van der Waals surface area contributed by atoms with Crippen LogP contribution in [0.2, 0.25) is 0 Å². The van der Waals surface area contributed by atoms with Crippen LogP contribution in [-0.4, -0.2) is 9.55 Å². The fourth-order valence-corrected chi connectivity index (χ4v) is 3.62. The third-order valence-corrected chi connectivity index (χ3v) is 5.09. The molecule has 144 valence electrons. The van der Waals surface area contributed by atoms with Gasteiger partial charge in [-0.15, -0.1) is 0 Å².